The number of hydrogen-bond acceptors (Lipinski definition) is 6. The number of benzene rings is 1. The van der Waals surface area contributed by atoms with E-state index in [0.29, 0.717) is 17.3 Å². The Hall–Kier alpha value is -2.67. The van der Waals surface area contributed by atoms with E-state index in [0.717, 1.165) is 21.1 Å². The second-order valence-electron chi connectivity index (χ2n) is 5.62. The number of nitrogens with one attached hydrogen (secondary N) is 1. The van der Waals surface area contributed by atoms with E-state index in [9.17, 15) is 4.79 Å². The number of rotatable bonds is 4. The molecular formula is C17H18N4O2S. The summed E-state index contributed by atoms with van der Waals surface area (Å²) in [4.78, 5) is 20.5. The molecule has 124 valence electrons. The second kappa shape index (κ2) is 6.45. The van der Waals surface area contributed by atoms with Crippen LogP contribution in [0.15, 0.2) is 34.9 Å². The summed E-state index contributed by atoms with van der Waals surface area (Å²) < 4.78 is 5.01. The third-order valence-corrected chi connectivity index (χ3v) is 4.59. The van der Waals surface area contributed by atoms with Crippen molar-refractivity contribution in [3.8, 4) is 10.7 Å². The summed E-state index contributed by atoms with van der Waals surface area (Å²) in [5.41, 5.74) is 2.36. The molecule has 0 spiro atoms. The minimum atomic E-state index is -0.143. The molecular weight excluding hydrogens is 324 g/mol. The minimum Gasteiger partial charge on any atom is -0.378 e. The molecule has 2 aromatic heterocycles. The number of anilines is 2. The molecule has 1 amide bonds. The van der Waals surface area contributed by atoms with Gasteiger partial charge >= 0.3 is 0 Å². The lowest BCUT2D eigenvalue weighted by Gasteiger charge is -2.13. The van der Waals surface area contributed by atoms with Crippen LogP contribution in [-0.2, 0) is 0 Å². The lowest BCUT2D eigenvalue weighted by molar-refractivity contribution is 0.102. The van der Waals surface area contributed by atoms with Crippen LogP contribution < -0.4 is 10.2 Å². The van der Waals surface area contributed by atoms with Crippen LogP contribution in [0, 0.1) is 13.8 Å². The van der Waals surface area contributed by atoms with Crippen molar-refractivity contribution in [2.45, 2.75) is 13.8 Å². The fourth-order valence-electron chi connectivity index (χ4n) is 2.24. The predicted octanol–water partition coefficient (Wildman–Crippen LogP) is 3.73. The van der Waals surface area contributed by atoms with Crippen LogP contribution in [0.3, 0.4) is 0 Å². The summed E-state index contributed by atoms with van der Waals surface area (Å²) in [6.07, 6.45) is 0. The molecule has 0 unspecified atom stereocenters. The molecule has 0 aliphatic heterocycles. The van der Waals surface area contributed by atoms with Crippen LogP contribution in [0.4, 0.5) is 11.4 Å². The highest BCUT2D eigenvalue weighted by atomic mass is 32.1. The normalized spacial score (nSPS) is 10.7. The SMILES string of the molecule is Cc1nc(-c2cc(NC(=O)c3cccc(N(C)C)c3)c(C)s2)no1. The van der Waals surface area contributed by atoms with Gasteiger partial charge in [0.15, 0.2) is 0 Å². The number of aromatic nitrogens is 2. The van der Waals surface area contributed by atoms with Gasteiger partial charge in [0.2, 0.25) is 11.7 Å². The lowest BCUT2D eigenvalue weighted by atomic mass is 10.1. The molecule has 0 saturated carbocycles. The van der Waals surface area contributed by atoms with Gasteiger partial charge < -0.3 is 14.7 Å². The molecule has 0 radical (unpaired) electrons. The van der Waals surface area contributed by atoms with Crippen molar-refractivity contribution in [2.75, 3.05) is 24.3 Å². The number of thiophene rings is 1. The quantitative estimate of drug-likeness (QED) is 0.782. The van der Waals surface area contributed by atoms with Crippen LogP contribution in [0.1, 0.15) is 21.1 Å². The number of hydrogen-bond donors (Lipinski definition) is 1. The third kappa shape index (κ3) is 3.30. The maximum absolute atomic E-state index is 12.5. The summed E-state index contributed by atoms with van der Waals surface area (Å²) >= 11 is 1.52. The maximum Gasteiger partial charge on any atom is 0.255 e. The summed E-state index contributed by atoms with van der Waals surface area (Å²) in [5, 5.41) is 6.87. The van der Waals surface area contributed by atoms with Crippen LogP contribution in [0.2, 0.25) is 0 Å². The largest absolute Gasteiger partial charge is 0.378 e. The van der Waals surface area contributed by atoms with Crippen molar-refractivity contribution < 1.29 is 9.32 Å². The van der Waals surface area contributed by atoms with Crippen molar-refractivity contribution in [2.24, 2.45) is 0 Å². The average molecular weight is 342 g/mol. The smallest absolute Gasteiger partial charge is 0.255 e. The molecule has 0 fully saturated rings. The van der Waals surface area contributed by atoms with E-state index in [4.69, 9.17) is 4.52 Å². The zero-order chi connectivity index (χ0) is 17.3. The van der Waals surface area contributed by atoms with E-state index in [1.165, 1.54) is 11.3 Å². The molecule has 3 rings (SSSR count). The molecule has 0 bridgehead atoms. The van der Waals surface area contributed by atoms with Crippen molar-refractivity contribution in [1.82, 2.24) is 10.1 Å². The topological polar surface area (TPSA) is 71.3 Å². The van der Waals surface area contributed by atoms with Gasteiger partial charge in [-0.3, -0.25) is 4.79 Å². The monoisotopic (exact) mass is 342 g/mol. The summed E-state index contributed by atoms with van der Waals surface area (Å²) in [7, 11) is 3.89. The minimum absolute atomic E-state index is 0.143. The first-order chi connectivity index (χ1) is 11.4. The van der Waals surface area contributed by atoms with Gasteiger partial charge in [-0.15, -0.1) is 11.3 Å². The first kappa shape index (κ1) is 16.2. The van der Waals surface area contributed by atoms with Gasteiger partial charge in [0.05, 0.1) is 10.6 Å². The Labute approximate surface area is 144 Å². The van der Waals surface area contributed by atoms with Crippen LogP contribution >= 0.6 is 11.3 Å². The average Bonchev–Trinajstić information content (AvgIpc) is 3.14. The van der Waals surface area contributed by atoms with Crippen molar-refractivity contribution in [3.63, 3.8) is 0 Å². The Morgan fingerprint density at radius 1 is 1.25 bits per heavy atom. The van der Waals surface area contributed by atoms with Gasteiger partial charge in [0.1, 0.15) is 0 Å². The number of nitrogens with zero attached hydrogens (tertiary/aromatic N) is 3. The van der Waals surface area contributed by atoms with E-state index in [1.807, 2.05) is 50.2 Å². The predicted molar refractivity (Wildman–Crippen MR) is 95.8 cm³/mol. The Morgan fingerprint density at radius 3 is 2.71 bits per heavy atom. The standard InChI is InChI=1S/C17H18N4O2S/c1-10-14(9-15(24-10)16-18-11(2)23-20-16)19-17(22)12-6-5-7-13(8-12)21(3)4/h5-9H,1-4H3,(H,19,22). The first-order valence-corrected chi connectivity index (χ1v) is 8.25. The van der Waals surface area contributed by atoms with Gasteiger partial charge in [-0.25, -0.2) is 0 Å². The third-order valence-electron chi connectivity index (χ3n) is 3.54. The molecule has 0 saturated heterocycles. The Bertz CT molecular complexity index is 882. The second-order valence-corrected chi connectivity index (χ2v) is 6.87. The molecule has 1 N–H and O–H groups in total. The van der Waals surface area contributed by atoms with Crippen LogP contribution in [-0.4, -0.2) is 30.1 Å². The Kier molecular flexibility index (Phi) is 4.35. The van der Waals surface area contributed by atoms with E-state index < -0.39 is 0 Å². The van der Waals surface area contributed by atoms with Gasteiger partial charge in [0, 0.05) is 37.1 Å². The van der Waals surface area contributed by atoms with Gasteiger partial charge in [-0.1, -0.05) is 11.2 Å². The fourth-order valence-corrected chi connectivity index (χ4v) is 3.14. The van der Waals surface area contributed by atoms with Gasteiger partial charge in [-0.05, 0) is 31.2 Å². The molecule has 3 aromatic rings. The first-order valence-electron chi connectivity index (χ1n) is 7.44. The van der Waals surface area contributed by atoms with Crippen LogP contribution in [0.5, 0.6) is 0 Å². The van der Waals surface area contributed by atoms with Gasteiger partial charge in [-0.2, -0.15) is 4.98 Å². The van der Waals surface area contributed by atoms with Gasteiger partial charge in [0.25, 0.3) is 5.91 Å². The molecule has 1 aromatic carbocycles. The van der Waals surface area contributed by atoms with E-state index in [2.05, 4.69) is 15.5 Å². The van der Waals surface area contributed by atoms with E-state index in [1.54, 1.807) is 13.0 Å². The molecule has 6 nitrogen and oxygen atoms in total. The van der Waals surface area contributed by atoms with Crippen molar-refractivity contribution in [1.29, 1.82) is 0 Å². The number of aryl methyl sites for hydroxylation is 2. The summed E-state index contributed by atoms with van der Waals surface area (Å²) in [6, 6.07) is 9.37. The Morgan fingerprint density at radius 2 is 2.04 bits per heavy atom. The summed E-state index contributed by atoms with van der Waals surface area (Å²) in [5.74, 6) is 0.910. The number of carbonyl (C=O) groups excluding carboxylic acids is 1. The zero-order valence-electron chi connectivity index (χ0n) is 14.0. The number of carbonyl (C=O) groups is 1. The molecule has 0 aliphatic rings. The maximum atomic E-state index is 12.5. The highest BCUT2D eigenvalue weighted by Crippen LogP contribution is 2.33. The molecule has 0 aliphatic carbocycles. The van der Waals surface area contributed by atoms with E-state index >= 15 is 0 Å². The summed E-state index contributed by atoms with van der Waals surface area (Å²) in [6.45, 7) is 3.70. The van der Waals surface area contributed by atoms with Crippen molar-refractivity contribution in [3.05, 3.63) is 46.7 Å². The highest BCUT2D eigenvalue weighted by Gasteiger charge is 2.15. The fraction of sp³-hybridized carbons (Fsp3) is 0.235. The lowest BCUT2D eigenvalue weighted by Crippen LogP contribution is -2.14. The molecule has 7 heteroatoms. The van der Waals surface area contributed by atoms with Crippen molar-refractivity contribution >= 4 is 28.6 Å². The van der Waals surface area contributed by atoms with Crippen LogP contribution in [0.25, 0.3) is 10.7 Å². The zero-order valence-corrected chi connectivity index (χ0v) is 14.8. The Balaban J connectivity index is 1.82. The molecule has 0 atom stereocenters. The highest BCUT2D eigenvalue weighted by molar-refractivity contribution is 7.16. The molecule has 24 heavy (non-hydrogen) atoms. The molecule has 2 heterocycles. The van der Waals surface area contributed by atoms with E-state index in [-0.39, 0.29) is 5.91 Å². The number of amides is 1.